The summed E-state index contributed by atoms with van der Waals surface area (Å²) < 4.78 is 7.62. The van der Waals surface area contributed by atoms with E-state index in [4.69, 9.17) is 27.9 Å². The van der Waals surface area contributed by atoms with Crippen molar-refractivity contribution in [3.63, 3.8) is 0 Å². The molecule has 25 heavy (non-hydrogen) atoms. The highest BCUT2D eigenvalue weighted by molar-refractivity contribution is 6.39. The average Bonchev–Trinajstić information content (AvgIpc) is 3.18. The first-order valence-corrected chi connectivity index (χ1v) is 8.78. The Morgan fingerprint density at radius 2 is 2.16 bits per heavy atom. The van der Waals surface area contributed by atoms with Gasteiger partial charge in [0.2, 0.25) is 0 Å². The second-order valence-corrected chi connectivity index (χ2v) is 6.95. The minimum atomic E-state index is -0.146. The number of rotatable bonds is 2. The highest BCUT2D eigenvalue weighted by atomic mass is 35.5. The van der Waals surface area contributed by atoms with E-state index in [-0.39, 0.29) is 11.9 Å². The highest BCUT2D eigenvalue weighted by Crippen LogP contribution is 2.33. The molecule has 1 unspecified atom stereocenters. The van der Waals surface area contributed by atoms with Crippen LogP contribution in [0.1, 0.15) is 22.2 Å². The highest BCUT2D eigenvalue weighted by Gasteiger charge is 2.32. The third-order valence-corrected chi connectivity index (χ3v) is 5.25. The van der Waals surface area contributed by atoms with Crippen molar-refractivity contribution in [2.45, 2.75) is 6.04 Å². The van der Waals surface area contributed by atoms with E-state index >= 15 is 0 Å². The number of aromatic amines is 1. The van der Waals surface area contributed by atoms with Gasteiger partial charge in [-0.15, -0.1) is 0 Å². The molecule has 1 atom stereocenters. The van der Waals surface area contributed by atoms with Crippen molar-refractivity contribution in [2.24, 2.45) is 7.05 Å². The number of nitrogens with one attached hydrogen (secondary N) is 1. The second kappa shape index (κ2) is 6.41. The topological polar surface area (TPSA) is 50.3 Å². The molecule has 1 fully saturated rings. The Kier molecular flexibility index (Phi) is 4.23. The van der Waals surface area contributed by atoms with Crippen LogP contribution in [-0.4, -0.2) is 40.1 Å². The van der Waals surface area contributed by atoms with Crippen LogP contribution in [0.25, 0.3) is 10.9 Å². The van der Waals surface area contributed by atoms with Crippen LogP contribution < -0.4 is 0 Å². The SMILES string of the molecule is Cn1cccc1C1COCCN1C(=O)c1[nH]c2ccc(Cl)cc2c1Cl. The van der Waals surface area contributed by atoms with E-state index in [2.05, 4.69) is 4.98 Å². The van der Waals surface area contributed by atoms with Gasteiger partial charge < -0.3 is 19.2 Å². The number of hydrogen-bond acceptors (Lipinski definition) is 2. The Hall–Kier alpha value is -1.95. The molecule has 0 spiro atoms. The van der Waals surface area contributed by atoms with Crippen molar-refractivity contribution in [2.75, 3.05) is 19.8 Å². The molecular weight excluding hydrogens is 361 g/mol. The number of amides is 1. The number of nitrogens with zero attached hydrogens (tertiary/aromatic N) is 2. The Labute approximate surface area is 155 Å². The Balaban J connectivity index is 1.74. The van der Waals surface area contributed by atoms with E-state index in [9.17, 15) is 4.79 Å². The summed E-state index contributed by atoms with van der Waals surface area (Å²) in [6.45, 7) is 1.49. The number of morpholine rings is 1. The summed E-state index contributed by atoms with van der Waals surface area (Å²) in [5.41, 5.74) is 2.21. The first kappa shape index (κ1) is 16.5. The molecule has 1 aliphatic rings. The molecule has 0 saturated carbocycles. The van der Waals surface area contributed by atoms with Crippen LogP contribution in [0.5, 0.6) is 0 Å². The fraction of sp³-hybridized carbons (Fsp3) is 0.278. The molecule has 0 radical (unpaired) electrons. The number of carbonyl (C=O) groups is 1. The molecule has 1 aliphatic heterocycles. The molecular formula is C18H17Cl2N3O2. The zero-order valence-corrected chi connectivity index (χ0v) is 15.1. The lowest BCUT2D eigenvalue weighted by molar-refractivity contribution is -0.00488. The first-order valence-electron chi connectivity index (χ1n) is 8.03. The number of aromatic nitrogens is 2. The molecule has 1 N–H and O–H groups in total. The minimum Gasteiger partial charge on any atom is -0.377 e. The molecule has 3 heterocycles. The largest absolute Gasteiger partial charge is 0.377 e. The van der Waals surface area contributed by atoms with E-state index < -0.39 is 0 Å². The molecule has 2 aromatic heterocycles. The quantitative estimate of drug-likeness (QED) is 0.732. The van der Waals surface area contributed by atoms with Crippen molar-refractivity contribution in [1.82, 2.24) is 14.5 Å². The molecule has 3 aromatic rings. The molecule has 130 valence electrons. The van der Waals surface area contributed by atoms with Crippen LogP contribution in [0, 0.1) is 0 Å². The molecule has 1 saturated heterocycles. The molecule has 7 heteroatoms. The van der Waals surface area contributed by atoms with Gasteiger partial charge in [-0.1, -0.05) is 23.2 Å². The maximum absolute atomic E-state index is 13.2. The molecule has 1 aromatic carbocycles. The lowest BCUT2D eigenvalue weighted by Crippen LogP contribution is -2.44. The Morgan fingerprint density at radius 1 is 1.32 bits per heavy atom. The second-order valence-electron chi connectivity index (χ2n) is 6.14. The van der Waals surface area contributed by atoms with Gasteiger partial charge in [-0.05, 0) is 30.3 Å². The van der Waals surface area contributed by atoms with Crippen molar-refractivity contribution >= 4 is 40.0 Å². The lowest BCUT2D eigenvalue weighted by Gasteiger charge is -2.35. The van der Waals surface area contributed by atoms with E-state index in [0.717, 1.165) is 16.6 Å². The molecule has 5 nitrogen and oxygen atoms in total. The third-order valence-electron chi connectivity index (χ3n) is 4.63. The van der Waals surface area contributed by atoms with Crippen LogP contribution in [-0.2, 0) is 11.8 Å². The number of hydrogen-bond donors (Lipinski definition) is 1. The zero-order chi connectivity index (χ0) is 17.6. The third kappa shape index (κ3) is 2.82. The van der Waals surface area contributed by atoms with Gasteiger partial charge >= 0.3 is 0 Å². The fourth-order valence-electron chi connectivity index (χ4n) is 3.33. The summed E-state index contributed by atoms with van der Waals surface area (Å²) in [6.07, 6.45) is 1.96. The van der Waals surface area contributed by atoms with Crippen molar-refractivity contribution in [3.8, 4) is 0 Å². The Morgan fingerprint density at radius 3 is 2.92 bits per heavy atom. The summed E-state index contributed by atoms with van der Waals surface area (Å²) >= 11 is 12.5. The molecule has 0 aliphatic carbocycles. The number of halogens is 2. The van der Waals surface area contributed by atoms with Crippen molar-refractivity contribution in [1.29, 1.82) is 0 Å². The van der Waals surface area contributed by atoms with E-state index in [1.165, 1.54) is 0 Å². The van der Waals surface area contributed by atoms with Crippen LogP contribution in [0.4, 0.5) is 0 Å². The summed E-state index contributed by atoms with van der Waals surface area (Å²) in [4.78, 5) is 18.2. The normalized spacial score (nSPS) is 18.0. The van der Waals surface area contributed by atoms with Crippen LogP contribution >= 0.6 is 23.2 Å². The fourth-order valence-corrected chi connectivity index (χ4v) is 3.79. The van der Waals surface area contributed by atoms with Crippen molar-refractivity contribution in [3.05, 3.63) is 58.0 Å². The standard InChI is InChI=1S/C18H17Cl2N3O2/c1-22-6-2-3-14(22)15-10-25-8-7-23(15)18(24)17-16(20)12-9-11(19)4-5-13(12)21-17/h2-6,9,15,21H,7-8,10H2,1H3. The number of benzene rings is 1. The van der Waals surface area contributed by atoms with Gasteiger partial charge in [0.15, 0.2) is 0 Å². The van der Waals surface area contributed by atoms with E-state index in [0.29, 0.717) is 35.5 Å². The van der Waals surface area contributed by atoms with Crippen molar-refractivity contribution < 1.29 is 9.53 Å². The summed E-state index contributed by atoms with van der Waals surface area (Å²) in [7, 11) is 1.96. The van der Waals surface area contributed by atoms with Crippen LogP contribution in [0.3, 0.4) is 0 Å². The maximum atomic E-state index is 13.2. The van der Waals surface area contributed by atoms with Crippen LogP contribution in [0.2, 0.25) is 10.0 Å². The number of ether oxygens (including phenoxy) is 1. The van der Waals surface area contributed by atoms with Gasteiger partial charge in [-0.3, -0.25) is 4.79 Å². The number of fused-ring (bicyclic) bond motifs is 1. The maximum Gasteiger partial charge on any atom is 0.272 e. The number of H-pyrrole nitrogens is 1. The van der Waals surface area contributed by atoms with Gasteiger partial charge in [0, 0.05) is 41.4 Å². The number of aryl methyl sites for hydroxylation is 1. The van der Waals surface area contributed by atoms with E-state index in [1.54, 1.807) is 12.1 Å². The molecule has 0 bridgehead atoms. The van der Waals surface area contributed by atoms with Gasteiger partial charge in [-0.25, -0.2) is 0 Å². The minimum absolute atomic E-state index is 0.133. The lowest BCUT2D eigenvalue weighted by atomic mass is 10.1. The Bertz CT molecular complexity index is 947. The summed E-state index contributed by atoms with van der Waals surface area (Å²) in [5, 5.41) is 1.74. The number of carbonyl (C=O) groups excluding carboxylic acids is 1. The monoisotopic (exact) mass is 377 g/mol. The van der Waals surface area contributed by atoms with Gasteiger partial charge in [0.05, 0.1) is 24.3 Å². The predicted octanol–water partition coefficient (Wildman–Crippen LogP) is 4.03. The molecule has 4 rings (SSSR count). The predicted molar refractivity (Wildman–Crippen MR) is 98.3 cm³/mol. The van der Waals surface area contributed by atoms with E-state index in [1.807, 2.05) is 40.9 Å². The van der Waals surface area contributed by atoms with Gasteiger partial charge in [0.1, 0.15) is 5.69 Å². The smallest absolute Gasteiger partial charge is 0.272 e. The average molecular weight is 378 g/mol. The zero-order valence-electron chi connectivity index (χ0n) is 13.6. The van der Waals surface area contributed by atoms with Gasteiger partial charge in [0.25, 0.3) is 5.91 Å². The summed E-state index contributed by atoms with van der Waals surface area (Å²) in [5.74, 6) is -0.133. The van der Waals surface area contributed by atoms with Crippen LogP contribution in [0.15, 0.2) is 36.5 Å². The van der Waals surface area contributed by atoms with Gasteiger partial charge in [-0.2, -0.15) is 0 Å². The summed E-state index contributed by atoms with van der Waals surface area (Å²) in [6, 6.07) is 9.19. The first-order chi connectivity index (χ1) is 12.1. The molecule has 1 amide bonds.